The number of methoxy groups -OCH3 is 2. The van der Waals surface area contributed by atoms with Gasteiger partial charge in [0, 0.05) is 17.8 Å². The van der Waals surface area contributed by atoms with Crippen molar-refractivity contribution >= 4 is 17.7 Å². The fraction of sp³-hybridized carbons (Fsp3) is 0.158. The van der Waals surface area contributed by atoms with E-state index in [1.54, 1.807) is 26.4 Å². The summed E-state index contributed by atoms with van der Waals surface area (Å²) in [5.74, 6) is 0.272. The first-order chi connectivity index (χ1) is 12.0. The molecular formula is C19H18N2O4. The number of nitrogens with zero attached hydrogens (tertiary/aromatic N) is 2. The van der Waals surface area contributed by atoms with Crippen LogP contribution in [0.15, 0.2) is 42.6 Å². The average Bonchev–Trinajstić information content (AvgIpc) is 2.96. The Morgan fingerprint density at radius 1 is 1.20 bits per heavy atom. The highest BCUT2D eigenvalue weighted by Gasteiger charge is 2.17. The summed E-state index contributed by atoms with van der Waals surface area (Å²) >= 11 is 0. The molecule has 3 rings (SSSR count). The van der Waals surface area contributed by atoms with Gasteiger partial charge < -0.3 is 14.6 Å². The lowest BCUT2D eigenvalue weighted by Crippen LogP contribution is -1.94. The predicted octanol–water partition coefficient (Wildman–Crippen LogP) is 3.42. The summed E-state index contributed by atoms with van der Waals surface area (Å²) in [5.41, 5.74) is 3.77. The maximum Gasteiger partial charge on any atom is 0.328 e. The average molecular weight is 338 g/mol. The number of imidazole rings is 1. The Morgan fingerprint density at radius 2 is 2.00 bits per heavy atom. The van der Waals surface area contributed by atoms with Gasteiger partial charge in [0.1, 0.15) is 22.8 Å². The zero-order valence-corrected chi connectivity index (χ0v) is 14.2. The molecule has 2 heterocycles. The lowest BCUT2D eigenvalue weighted by molar-refractivity contribution is -0.131. The van der Waals surface area contributed by atoms with Crippen molar-refractivity contribution < 1.29 is 19.4 Å². The van der Waals surface area contributed by atoms with E-state index in [-0.39, 0.29) is 0 Å². The highest BCUT2D eigenvalue weighted by molar-refractivity contribution is 5.88. The minimum atomic E-state index is -1.02. The van der Waals surface area contributed by atoms with Crippen LogP contribution in [0.1, 0.15) is 11.3 Å². The van der Waals surface area contributed by atoms with Crippen LogP contribution in [0.25, 0.3) is 23.0 Å². The lowest BCUT2D eigenvalue weighted by atomic mass is 10.1. The van der Waals surface area contributed by atoms with Gasteiger partial charge >= 0.3 is 5.97 Å². The zero-order valence-electron chi connectivity index (χ0n) is 14.2. The number of ether oxygens (including phenoxy) is 2. The maximum absolute atomic E-state index is 11.0. The standard InChI is InChI=1S/C19H18N2O4/c1-12-4-8-17-20-19(15(21(17)11-12)6-9-18(22)23)14-10-13(24-2)5-7-16(14)25-3/h4-11H,1-3H3,(H,22,23)/b9-6+. The number of fused-ring (bicyclic) bond motifs is 1. The van der Waals surface area contributed by atoms with Crippen molar-refractivity contribution in [3.8, 4) is 22.8 Å². The molecule has 0 atom stereocenters. The first-order valence-electron chi connectivity index (χ1n) is 7.65. The topological polar surface area (TPSA) is 73.1 Å². The summed E-state index contributed by atoms with van der Waals surface area (Å²) in [5, 5.41) is 9.02. The van der Waals surface area contributed by atoms with Gasteiger partial charge in [0.15, 0.2) is 0 Å². The first kappa shape index (κ1) is 16.6. The number of benzene rings is 1. The second-order valence-electron chi connectivity index (χ2n) is 5.52. The summed E-state index contributed by atoms with van der Waals surface area (Å²) in [4.78, 5) is 15.7. The summed E-state index contributed by atoms with van der Waals surface area (Å²) in [6.07, 6.45) is 4.55. The molecule has 0 radical (unpaired) electrons. The lowest BCUT2D eigenvalue weighted by Gasteiger charge is -2.09. The molecule has 0 aliphatic rings. The van der Waals surface area contributed by atoms with Gasteiger partial charge in [0.05, 0.1) is 19.9 Å². The van der Waals surface area contributed by atoms with Gasteiger partial charge in [-0.15, -0.1) is 0 Å². The SMILES string of the molecule is COc1ccc(OC)c(-c2nc3ccc(C)cn3c2/C=C/C(=O)O)c1. The summed E-state index contributed by atoms with van der Waals surface area (Å²) in [6, 6.07) is 9.28. The number of rotatable bonds is 5. The van der Waals surface area contributed by atoms with Crippen LogP contribution in [-0.2, 0) is 4.79 Å². The van der Waals surface area contributed by atoms with Crippen molar-refractivity contribution in [2.75, 3.05) is 14.2 Å². The van der Waals surface area contributed by atoms with Crippen molar-refractivity contribution in [2.45, 2.75) is 6.92 Å². The molecule has 0 spiro atoms. The number of aromatic nitrogens is 2. The number of hydrogen-bond acceptors (Lipinski definition) is 4. The van der Waals surface area contributed by atoms with E-state index in [0.717, 1.165) is 22.9 Å². The number of aliphatic carboxylic acids is 1. The van der Waals surface area contributed by atoms with Crippen molar-refractivity contribution in [1.82, 2.24) is 9.38 Å². The minimum absolute atomic E-state index is 0.624. The van der Waals surface area contributed by atoms with Crippen molar-refractivity contribution in [2.24, 2.45) is 0 Å². The molecule has 0 bridgehead atoms. The second-order valence-corrected chi connectivity index (χ2v) is 5.52. The van der Waals surface area contributed by atoms with Gasteiger partial charge in [-0.05, 0) is 42.8 Å². The van der Waals surface area contributed by atoms with Crippen LogP contribution in [-0.4, -0.2) is 34.7 Å². The third kappa shape index (κ3) is 3.19. The molecule has 3 aromatic rings. The molecule has 0 aliphatic carbocycles. The Labute approximate surface area is 145 Å². The second kappa shape index (κ2) is 6.68. The van der Waals surface area contributed by atoms with Gasteiger partial charge in [-0.25, -0.2) is 9.78 Å². The molecule has 0 saturated heterocycles. The highest BCUT2D eigenvalue weighted by Crippen LogP contribution is 2.35. The van der Waals surface area contributed by atoms with Crippen LogP contribution in [0.3, 0.4) is 0 Å². The molecular weight excluding hydrogens is 320 g/mol. The molecule has 6 nitrogen and oxygen atoms in total. The smallest absolute Gasteiger partial charge is 0.328 e. The molecule has 0 aliphatic heterocycles. The first-order valence-corrected chi connectivity index (χ1v) is 7.65. The van der Waals surface area contributed by atoms with Crippen LogP contribution in [0.4, 0.5) is 0 Å². The Balaban J connectivity index is 2.32. The van der Waals surface area contributed by atoms with Crippen molar-refractivity contribution in [1.29, 1.82) is 0 Å². The number of pyridine rings is 1. The molecule has 6 heteroatoms. The van der Waals surface area contributed by atoms with E-state index >= 15 is 0 Å². The van der Waals surface area contributed by atoms with E-state index in [9.17, 15) is 4.79 Å². The van der Waals surface area contributed by atoms with Crippen LogP contribution >= 0.6 is 0 Å². The largest absolute Gasteiger partial charge is 0.497 e. The van der Waals surface area contributed by atoms with Gasteiger partial charge in [0.2, 0.25) is 0 Å². The van der Waals surface area contributed by atoms with Crippen molar-refractivity contribution in [3.63, 3.8) is 0 Å². The predicted molar refractivity (Wildman–Crippen MR) is 95.1 cm³/mol. The molecule has 0 saturated carbocycles. The number of aryl methyl sites for hydroxylation is 1. The molecule has 128 valence electrons. The van der Waals surface area contributed by atoms with Gasteiger partial charge in [0.25, 0.3) is 0 Å². The van der Waals surface area contributed by atoms with E-state index in [2.05, 4.69) is 4.98 Å². The van der Waals surface area contributed by atoms with Gasteiger partial charge in [-0.1, -0.05) is 6.07 Å². The fourth-order valence-corrected chi connectivity index (χ4v) is 2.68. The van der Waals surface area contributed by atoms with E-state index < -0.39 is 5.97 Å². The highest BCUT2D eigenvalue weighted by atomic mass is 16.5. The minimum Gasteiger partial charge on any atom is -0.497 e. The number of carboxylic acids is 1. The molecule has 0 unspecified atom stereocenters. The van der Waals surface area contributed by atoms with E-state index in [0.29, 0.717) is 22.9 Å². The quantitative estimate of drug-likeness (QED) is 0.722. The van der Waals surface area contributed by atoms with Crippen LogP contribution in [0.2, 0.25) is 0 Å². The number of hydrogen-bond donors (Lipinski definition) is 1. The van der Waals surface area contributed by atoms with Crippen LogP contribution < -0.4 is 9.47 Å². The molecule has 1 N–H and O–H groups in total. The number of carbonyl (C=O) groups is 1. The van der Waals surface area contributed by atoms with E-state index in [1.165, 1.54) is 6.08 Å². The number of carboxylic acid groups (broad SMARTS) is 1. The maximum atomic E-state index is 11.0. The summed E-state index contributed by atoms with van der Waals surface area (Å²) in [6.45, 7) is 1.97. The molecule has 2 aromatic heterocycles. The third-order valence-corrected chi connectivity index (χ3v) is 3.85. The third-order valence-electron chi connectivity index (χ3n) is 3.85. The Morgan fingerprint density at radius 3 is 2.68 bits per heavy atom. The molecule has 0 amide bonds. The summed E-state index contributed by atoms with van der Waals surface area (Å²) in [7, 11) is 3.17. The zero-order chi connectivity index (χ0) is 18.0. The normalized spacial score (nSPS) is 11.2. The monoisotopic (exact) mass is 338 g/mol. The van der Waals surface area contributed by atoms with Gasteiger partial charge in [-0.2, -0.15) is 0 Å². The van der Waals surface area contributed by atoms with Gasteiger partial charge in [-0.3, -0.25) is 4.40 Å². The molecule has 25 heavy (non-hydrogen) atoms. The Bertz CT molecular complexity index is 973. The van der Waals surface area contributed by atoms with E-state index in [4.69, 9.17) is 14.6 Å². The van der Waals surface area contributed by atoms with Crippen LogP contribution in [0.5, 0.6) is 11.5 Å². The van der Waals surface area contributed by atoms with Crippen molar-refractivity contribution in [3.05, 3.63) is 53.9 Å². The van der Waals surface area contributed by atoms with E-state index in [1.807, 2.05) is 35.7 Å². The molecule has 1 aromatic carbocycles. The van der Waals surface area contributed by atoms with Crippen LogP contribution in [0, 0.1) is 6.92 Å². The fourth-order valence-electron chi connectivity index (χ4n) is 2.68. The Hall–Kier alpha value is -3.28. The summed E-state index contributed by atoms with van der Waals surface area (Å²) < 4.78 is 12.6. The molecule has 0 fully saturated rings. The Kier molecular flexibility index (Phi) is 4.43.